The Bertz CT molecular complexity index is 625. The molecule has 0 saturated carbocycles. The van der Waals surface area contributed by atoms with E-state index in [0.29, 0.717) is 16.1 Å². The van der Waals surface area contributed by atoms with Crippen molar-refractivity contribution in [3.8, 4) is 0 Å². The van der Waals surface area contributed by atoms with Crippen LogP contribution in [0.1, 0.15) is 0 Å². The predicted octanol–water partition coefficient (Wildman–Crippen LogP) is 1.54. The summed E-state index contributed by atoms with van der Waals surface area (Å²) in [6.07, 6.45) is 0. The molecule has 2 N–H and O–H groups in total. The Morgan fingerprint density at radius 1 is 1.20 bits per heavy atom. The van der Waals surface area contributed by atoms with Gasteiger partial charge >= 0.3 is 0 Å². The van der Waals surface area contributed by atoms with Crippen molar-refractivity contribution in [1.82, 2.24) is 4.98 Å². The molecular formula is C9H7ClN2O2S. The highest BCUT2D eigenvalue weighted by Crippen LogP contribution is 2.18. The molecule has 2 aromatic rings. The van der Waals surface area contributed by atoms with Crippen molar-refractivity contribution < 1.29 is 8.42 Å². The molecule has 0 fully saturated rings. The maximum Gasteiger partial charge on any atom is 0.238 e. The molecule has 0 saturated heterocycles. The standard InChI is InChI=1S/C9H7ClN2O2S/c10-9-4-1-6-5-7(15(11,13)14)2-3-8(6)12-9/h1-5H,(H2,11,13,14). The lowest BCUT2D eigenvalue weighted by molar-refractivity contribution is 0.598. The van der Waals surface area contributed by atoms with Gasteiger partial charge in [0.15, 0.2) is 0 Å². The van der Waals surface area contributed by atoms with E-state index in [1.54, 1.807) is 18.2 Å². The number of nitrogens with two attached hydrogens (primary N) is 1. The highest BCUT2D eigenvalue weighted by Gasteiger charge is 2.08. The molecule has 4 nitrogen and oxygen atoms in total. The first kappa shape index (κ1) is 10.4. The first-order valence-corrected chi connectivity index (χ1v) is 5.98. The highest BCUT2D eigenvalue weighted by atomic mass is 35.5. The third-order valence-corrected chi connectivity index (χ3v) is 3.08. The van der Waals surface area contributed by atoms with Gasteiger partial charge in [-0.1, -0.05) is 11.6 Å². The molecule has 1 aromatic carbocycles. The van der Waals surface area contributed by atoms with Crippen LogP contribution in [0.3, 0.4) is 0 Å². The average Bonchev–Trinajstić information content (AvgIpc) is 2.15. The maximum absolute atomic E-state index is 11.1. The number of primary sulfonamides is 1. The number of hydrogen-bond acceptors (Lipinski definition) is 3. The van der Waals surface area contributed by atoms with Gasteiger partial charge in [0.2, 0.25) is 10.0 Å². The van der Waals surface area contributed by atoms with Gasteiger partial charge in [-0.3, -0.25) is 0 Å². The molecule has 0 unspecified atom stereocenters. The lowest BCUT2D eigenvalue weighted by Gasteiger charge is -2.01. The van der Waals surface area contributed by atoms with Crippen LogP contribution >= 0.6 is 11.6 Å². The lowest BCUT2D eigenvalue weighted by Crippen LogP contribution is -2.11. The van der Waals surface area contributed by atoms with Crippen molar-refractivity contribution in [2.24, 2.45) is 5.14 Å². The molecule has 0 atom stereocenters. The molecule has 0 radical (unpaired) electrons. The van der Waals surface area contributed by atoms with E-state index < -0.39 is 10.0 Å². The molecule has 15 heavy (non-hydrogen) atoms. The van der Waals surface area contributed by atoms with Gasteiger partial charge in [0.05, 0.1) is 10.4 Å². The molecule has 0 aliphatic heterocycles. The summed E-state index contributed by atoms with van der Waals surface area (Å²) in [5, 5.41) is 6.06. The predicted molar refractivity (Wildman–Crippen MR) is 58.1 cm³/mol. The number of sulfonamides is 1. The minimum absolute atomic E-state index is 0.0686. The number of aromatic nitrogens is 1. The summed E-state index contributed by atoms with van der Waals surface area (Å²) >= 11 is 5.69. The van der Waals surface area contributed by atoms with Gasteiger partial charge in [-0.2, -0.15) is 0 Å². The topological polar surface area (TPSA) is 73.1 Å². The van der Waals surface area contributed by atoms with Gasteiger partial charge in [-0.25, -0.2) is 18.5 Å². The summed E-state index contributed by atoms with van der Waals surface area (Å²) in [4.78, 5) is 4.10. The minimum Gasteiger partial charge on any atom is -0.236 e. The lowest BCUT2D eigenvalue weighted by atomic mass is 10.2. The molecular weight excluding hydrogens is 236 g/mol. The molecule has 0 amide bonds. The normalized spacial score (nSPS) is 11.9. The van der Waals surface area contributed by atoms with Crippen LogP contribution in [-0.2, 0) is 10.0 Å². The van der Waals surface area contributed by atoms with Gasteiger partial charge in [0.1, 0.15) is 5.15 Å². The van der Waals surface area contributed by atoms with E-state index in [1.807, 2.05) is 0 Å². The van der Waals surface area contributed by atoms with E-state index in [1.165, 1.54) is 12.1 Å². The molecule has 0 aliphatic carbocycles. The summed E-state index contributed by atoms with van der Waals surface area (Å²) in [6.45, 7) is 0. The fourth-order valence-corrected chi connectivity index (χ4v) is 1.96. The van der Waals surface area contributed by atoms with Crippen LogP contribution in [0.25, 0.3) is 10.9 Å². The molecule has 1 heterocycles. The Kier molecular flexibility index (Phi) is 2.38. The Labute approximate surface area is 91.7 Å². The van der Waals surface area contributed by atoms with E-state index >= 15 is 0 Å². The van der Waals surface area contributed by atoms with E-state index in [4.69, 9.17) is 16.7 Å². The fraction of sp³-hybridized carbons (Fsp3) is 0. The number of nitrogens with zero attached hydrogens (tertiary/aromatic N) is 1. The Morgan fingerprint density at radius 2 is 1.93 bits per heavy atom. The monoisotopic (exact) mass is 242 g/mol. The van der Waals surface area contributed by atoms with Gasteiger partial charge < -0.3 is 0 Å². The van der Waals surface area contributed by atoms with Crippen LogP contribution in [-0.4, -0.2) is 13.4 Å². The van der Waals surface area contributed by atoms with Crippen LogP contribution in [0.5, 0.6) is 0 Å². The zero-order valence-electron chi connectivity index (χ0n) is 7.51. The van der Waals surface area contributed by atoms with Crippen molar-refractivity contribution in [2.75, 3.05) is 0 Å². The van der Waals surface area contributed by atoms with Crippen molar-refractivity contribution in [2.45, 2.75) is 4.90 Å². The van der Waals surface area contributed by atoms with Gasteiger partial charge in [-0.15, -0.1) is 0 Å². The van der Waals surface area contributed by atoms with E-state index in [-0.39, 0.29) is 4.90 Å². The second-order valence-electron chi connectivity index (χ2n) is 3.03. The van der Waals surface area contributed by atoms with Crippen LogP contribution in [0, 0.1) is 0 Å². The zero-order valence-corrected chi connectivity index (χ0v) is 9.09. The molecule has 0 spiro atoms. The summed E-state index contributed by atoms with van der Waals surface area (Å²) in [5.74, 6) is 0. The average molecular weight is 243 g/mol. The van der Waals surface area contributed by atoms with Crippen molar-refractivity contribution >= 4 is 32.5 Å². The third kappa shape index (κ3) is 2.09. The fourth-order valence-electron chi connectivity index (χ4n) is 1.26. The Morgan fingerprint density at radius 3 is 2.60 bits per heavy atom. The smallest absolute Gasteiger partial charge is 0.236 e. The summed E-state index contributed by atoms with van der Waals surface area (Å²) in [5.41, 5.74) is 0.634. The summed E-state index contributed by atoms with van der Waals surface area (Å²) < 4.78 is 22.1. The number of halogens is 1. The van der Waals surface area contributed by atoms with Gasteiger partial charge in [0, 0.05) is 5.39 Å². The molecule has 2 rings (SSSR count). The van der Waals surface area contributed by atoms with Crippen molar-refractivity contribution in [3.05, 3.63) is 35.5 Å². The first-order valence-electron chi connectivity index (χ1n) is 4.06. The Hall–Kier alpha value is -1.17. The van der Waals surface area contributed by atoms with Gasteiger partial charge in [0.25, 0.3) is 0 Å². The quantitative estimate of drug-likeness (QED) is 0.771. The van der Waals surface area contributed by atoms with E-state index in [0.717, 1.165) is 0 Å². The van der Waals surface area contributed by atoms with Crippen molar-refractivity contribution in [1.29, 1.82) is 0 Å². The SMILES string of the molecule is NS(=O)(=O)c1ccc2nc(Cl)ccc2c1. The number of fused-ring (bicyclic) bond motifs is 1. The second kappa shape index (κ2) is 3.44. The molecule has 0 aliphatic rings. The van der Waals surface area contributed by atoms with Crippen LogP contribution in [0.4, 0.5) is 0 Å². The second-order valence-corrected chi connectivity index (χ2v) is 4.98. The zero-order chi connectivity index (χ0) is 11.1. The number of hydrogen-bond donors (Lipinski definition) is 1. The van der Waals surface area contributed by atoms with Crippen LogP contribution < -0.4 is 5.14 Å². The first-order chi connectivity index (χ1) is 6.97. The molecule has 1 aromatic heterocycles. The van der Waals surface area contributed by atoms with Crippen molar-refractivity contribution in [3.63, 3.8) is 0 Å². The minimum atomic E-state index is -3.67. The highest BCUT2D eigenvalue weighted by molar-refractivity contribution is 7.89. The third-order valence-electron chi connectivity index (χ3n) is 1.96. The maximum atomic E-state index is 11.1. The number of rotatable bonds is 1. The number of pyridine rings is 1. The van der Waals surface area contributed by atoms with Crippen LogP contribution in [0.15, 0.2) is 35.2 Å². The van der Waals surface area contributed by atoms with E-state index in [9.17, 15) is 8.42 Å². The van der Waals surface area contributed by atoms with Gasteiger partial charge in [-0.05, 0) is 30.3 Å². The molecule has 78 valence electrons. The van der Waals surface area contributed by atoms with Crippen LogP contribution in [0.2, 0.25) is 5.15 Å². The molecule has 0 bridgehead atoms. The largest absolute Gasteiger partial charge is 0.238 e. The number of benzene rings is 1. The molecule has 6 heteroatoms. The van der Waals surface area contributed by atoms with E-state index in [2.05, 4.69) is 4.98 Å². The summed E-state index contributed by atoms with van der Waals surface area (Å²) in [7, 11) is -3.67. The summed E-state index contributed by atoms with van der Waals surface area (Å²) in [6, 6.07) is 7.73. The Balaban J connectivity index is 2.73.